The Morgan fingerprint density at radius 1 is 1.05 bits per heavy atom. The Bertz CT molecular complexity index is 1370. The third-order valence-electron chi connectivity index (χ3n) is 9.09. The maximum Gasteiger partial charge on any atom is 0.307 e. The van der Waals surface area contributed by atoms with Gasteiger partial charge < -0.3 is 19.5 Å². The van der Waals surface area contributed by atoms with Gasteiger partial charge in [-0.15, -0.1) is 0 Å². The summed E-state index contributed by atoms with van der Waals surface area (Å²) in [5.41, 5.74) is 6.59. The summed E-state index contributed by atoms with van der Waals surface area (Å²) in [6, 6.07) is 14.5. The van der Waals surface area contributed by atoms with E-state index < -0.39 is 5.97 Å². The normalized spacial score (nSPS) is 16.9. The number of piperidine rings is 1. The zero-order valence-corrected chi connectivity index (χ0v) is 25.8. The van der Waals surface area contributed by atoms with Crippen molar-refractivity contribution in [1.29, 1.82) is 0 Å². The molecule has 2 fully saturated rings. The highest BCUT2D eigenvalue weighted by molar-refractivity contribution is 5.86. The first-order valence-electron chi connectivity index (χ1n) is 15.7. The van der Waals surface area contributed by atoms with Crippen molar-refractivity contribution >= 4 is 11.7 Å². The third-order valence-corrected chi connectivity index (χ3v) is 9.09. The highest BCUT2D eigenvalue weighted by Crippen LogP contribution is 2.42. The van der Waals surface area contributed by atoms with Gasteiger partial charge in [0.2, 0.25) is 0 Å². The lowest BCUT2D eigenvalue weighted by Gasteiger charge is -2.40. The SMILES string of the molecule is Cc1nc(COCC2CCCC2)c(-c2ccc(OCCc3ccc(F)cc3)cc2)c(N2CCC(C)(C)CC2)c1CC(=O)O. The fourth-order valence-electron chi connectivity index (χ4n) is 6.39. The number of halogens is 1. The van der Waals surface area contributed by atoms with Gasteiger partial charge in [-0.25, -0.2) is 4.39 Å². The van der Waals surface area contributed by atoms with Gasteiger partial charge in [0.1, 0.15) is 11.6 Å². The summed E-state index contributed by atoms with van der Waals surface area (Å²) in [7, 11) is 0. The molecule has 1 N–H and O–H groups in total. The number of hydrogen-bond acceptors (Lipinski definition) is 5. The molecule has 6 nitrogen and oxygen atoms in total. The first-order chi connectivity index (χ1) is 20.7. The lowest BCUT2D eigenvalue weighted by atomic mass is 9.82. The van der Waals surface area contributed by atoms with Crippen molar-refractivity contribution < 1.29 is 23.8 Å². The van der Waals surface area contributed by atoms with Crippen LogP contribution in [0.1, 0.15) is 74.9 Å². The van der Waals surface area contributed by atoms with Gasteiger partial charge in [0.05, 0.1) is 31.0 Å². The Morgan fingerprint density at radius 2 is 1.72 bits per heavy atom. The van der Waals surface area contributed by atoms with Crippen LogP contribution in [0.15, 0.2) is 48.5 Å². The van der Waals surface area contributed by atoms with Gasteiger partial charge in [-0.3, -0.25) is 9.78 Å². The van der Waals surface area contributed by atoms with Gasteiger partial charge in [-0.2, -0.15) is 0 Å². The summed E-state index contributed by atoms with van der Waals surface area (Å²) in [6.45, 7) is 9.86. The minimum Gasteiger partial charge on any atom is -0.493 e. The zero-order chi connectivity index (χ0) is 30.4. The van der Waals surface area contributed by atoms with E-state index in [4.69, 9.17) is 14.5 Å². The van der Waals surface area contributed by atoms with Crippen LogP contribution >= 0.6 is 0 Å². The van der Waals surface area contributed by atoms with Gasteiger partial charge >= 0.3 is 5.97 Å². The molecule has 7 heteroatoms. The van der Waals surface area contributed by atoms with Gasteiger partial charge in [0.25, 0.3) is 0 Å². The van der Waals surface area contributed by atoms with Crippen molar-refractivity contribution in [2.45, 2.75) is 78.7 Å². The zero-order valence-electron chi connectivity index (χ0n) is 25.8. The second-order valence-corrected chi connectivity index (χ2v) is 13.0. The molecule has 5 rings (SSSR count). The van der Waals surface area contributed by atoms with Crippen LogP contribution in [0.4, 0.5) is 10.1 Å². The smallest absolute Gasteiger partial charge is 0.307 e. The molecule has 0 amide bonds. The van der Waals surface area contributed by atoms with E-state index in [2.05, 4.69) is 18.7 Å². The molecule has 1 aliphatic heterocycles. The van der Waals surface area contributed by atoms with Crippen molar-refractivity contribution in [2.24, 2.45) is 11.3 Å². The molecule has 2 aliphatic rings. The number of rotatable bonds is 12. The maximum atomic E-state index is 13.2. The molecule has 1 saturated carbocycles. The molecule has 1 saturated heterocycles. The minimum atomic E-state index is -0.857. The van der Waals surface area contributed by atoms with Crippen LogP contribution in [0.25, 0.3) is 11.1 Å². The van der Waals surface area contributed by atoms with Crippen LogP contribution in [0.3, 0.4) is 0 Å². The Morgan fingerprint density at radius 3 is 2.37 bits per heavy atom. The largest absolute Gasteiger partial charge is 0.493 e. The molecular formula is C36H45FN2O4. The fraction of sp³-hybridized carbons (Fsp3) is 0.500. The summed E-state index contributed by atoms with van der Waals surface area (Å²) in [6.07, 6.45) is 7.66. The molecule has 3 aromatic rings. The summed E-state index contributed by atoms with van der Waals surface area (Å²) >= 11 is 0. The lowest BCUT2D eigenvalue weighted by molar-refractivity contribution is -0.136. The number of benzene rings is 2. The number of aliphatic carboxylic acids is 1. The van der Waals surface area contributed by atoms with E-state index in [1.807, 2.05) is 31.2 Å². The van der Waals surface area contributed by atoms with Crippen molar-refractivity contribution in [2.75, 3.05) is 31.2 Å². The number of carbonyl (C=O) groups is 1. The molecule has 2 aromatic carbocycles. The quantitative estimate of drug-likeness (QED) is 0.233. The minimum absolute atomic E-state index is 0.0746. The van der Waals surface area contributed by atoms with Crippen LogP contribution in [0, 0.1) is 24.1 Å². The number of anilines is 1. The Labute approximate surface area is 255 Å². The average molecular weight is 589 g/mol. The molecule has 0 spiro atoms. The first kappa shape index (κ1) is 31.0. The number of pyridine rings is 1. The van der Waals surface area contributed by atoms with Gasteiger partial charge in [-0.05, 0) is 79.3 Å². The van der Waals surface area contributed by atoms with E-state index in [0.717, 1.165) is 77.6 Å². The van der Waals surface area contributed by atoms with E-state index in [9.17, 15) is 14.3 Å². The molecule has 0 unspecified atom stereocenters. The van der Waals surface area contributed by atoms with Gasteiger partial charge in [-0.1, -0.05) is 51.0 Å². The number of hydrogen-bond donors (Lipinski definition) is 1. The molecule has 0 radical (unpaired) electrons. The predicted octanol–water partition coefficient (Wildman–Crippen LogP) is 7.78. The monoisotopic (exact) mass is 588 g/mol. The van der Waals surface area contributed by atoms with Gasteiger partial charge in [0.15, 0.2) is 0 Å². The Balaban J connectivity index is 1.45. The van der Waals surface area contributed by atoms with E-state index in [0.29, 0.717) is 25.6 Å². The summed E-state index contributed by atoms with van der Waals surface area (Å²) in [5, 5.41) is 9.90. The third kappa shape index (κ3) is 8.14. The summed E-state index contributed by atoms with van der Waals surface area (Å²) < 4.78 is 25.6. The number of nitrogens with zero attached hydrogens (tertiary/aromatic N) is 2. The summed E-state index contributed by atoms with van der Waals surface area (Å²) in [5.74, 6) is 0.251. The number of carboxylic acids is 1. The average Bonchev–Trinajstić information content (AvgIpc) is 3.49. The molecule has 0 bridgehead atoms. The number of aryl methyl sites for hydroxylation is 1. The molecule has 0 atom stereocenters. The van der Waals surface area contributed by atoms with Crippen molar-refractivity contribution in [3.63, 3.8) is 0 Å². The lowest BCUT2D eigenvalue weighted by Crippen LogP contribution is -2.38. The predicted molar refractivity (Wildman–Crippen MR) is 168 cm³/mol. The second-order valence-electron chi connectivity index (χ2n) is 13.0. The molecule has 230 valence electrons. The Kier molecular flexibility index (Phi) is 10.0. The van der Waals surface area contributed by atoms with Crippen molar-refractivity contribution in [1.82, 2.24) is 4.98 Å². The Hall–Kier alpha value is -3.45. The second kappa shape index (κ2) is 13.9. The van der Waals surface area contributed by atoms with Crippen molar-refractivity contribution in [3.8, 4) is 16.9 Å². The maximum absolute atomic E-state index is 13.2. The number of aromatic nitrogens is 1. The van der Waals surface area contributed by atoms with Crippen LogP contribution < -0.4 is 9.64 Å². The van der Waals surface area contributed by atoms with Crippen LogP contribution in [0.2, 0.25) is 0 Å². The molecule has 43 heavy (non-hydrogen) atoms. The van der Waals surface area contributed by atoms with Gasteiger partial charge in [0, 0.05) is 42.9 Å². The van der Waals surface area contributed by atoms with Crippen LogP contribution in [-0.4, -0.2) is 42.4 Å². The van der Waals surface area contributed by atoms with Crippen LogP contribution in [0.5, 0.6) is 5.75 Å². The molecule has 1 aliphatic carbocycles. The standard InChI is InChI=1S/C36H45FN2O4/c1-25-31(22-33(40)41)35(39-19-17-36(2,3)18-20-39)34(32(38-25)24-42-23-27-6-4-5-7-27)28-10-14-30(15-11-28)43-21-16-26-8-12-29(37)13-9-26/h8-15,27H,4-7,16-24H2,1-3H3,(H,40,41). The molecule has 1 aromatic heterocycles. The summed E-state index contributed by atoms with van der Waals surface area (Å²) in [4.78, 5) is 19.4. The first-order valence-corrected chi connectivity index (χ1v) is 15.7. The number of carboxylic acid groups (broad SMARTS) is 1. The van der Waals surface area contributed by atoms with E-state index >= 15 is 0 Å². The highest BCUT2D eigenvalue weighted by atomic mass is 19.1. The molecule has 2 heterocycles. The fourth-order valence-corrected chi connectivity index (χ4v) is 6.39. The van der Waals surface area contributed by atoms with Crippen LogP contribution in [-0.2, 0) is 29.0 Å². The number of ether oxygens (including phenoxy) is 2. The highest BCUT2D eigenvalue weighted by Gasteiger charge is 2.31. The van der Waals surface area contributed by atoms with E-state index in [1.165, 1.54) is 37.8 Å². The van der Waals surface area contributed by atoms with E-state index in [-0.39, 0.29) is 17.7 Å². The van der Waals surface area contributed by atoms with Crippen molar-refractivity contribution in [3.05, 3.63) is 76.9 Å². The topological polar surface area (TPSA) is 71.9 Å². The van der Waals surface area contributed by atoms with E-state index in [1.54, 1.807) is 12.1 Å². The molecular weight excluding hydrogens is 543 g/mol.